The van der Waals surface area contributed by atoms with E-state index in [1.807, 2.05) is 36.1 Å². The van der Waals surface area contributed by atoms with Crippen molar-refractivity contribution in [3.05, 3.63) is 29.8 Å². The van der Waals surface area contributed by atoms with Crippen LogP contribution in [0, 0.1) is 6.92 Å². The van der Waals surface area contributed by atoms with Gasteiger partial charge in [-0.15, -0.1) is 0 Å². The van der Waals surface area contributed by atoms with Gasteiger partial charge >= 0.3 is 0 Å². The standard InChI is InChI=1S/C16H23N3O2/c1-12-6-4-7-13(10-12)17-15(20)11-19-9-5-8-14(19)16(21)18(2)3/h4,6-7,10,14H,5,8-9,11H2,1-3H3,(H,17,20). The molecule has 1 heterocycles. The van der Waals surface area contributed by atoms with E-state index < -0.39 is 0 Å². The van der Waals surface area contributed by atoms with Crippen LogP contribution in [0.3, 0.4) is 0 Å². The van der Waals surface area contributed by atoms with Crippen molar-refractivity contribution in [2.45, 2.75) is 25.8 Å². The van der Waals surface area contributed by atoms with Gasteiger partial charge < -0.3 is 10.2 Å². The van der Waals surface area contributed by atoms with Gasteiger partial charge in [0.15, 0.2) is 0 Å². The molecule has 0 saturated carbocycles. The minimum absolute atomic E-state index is 0.0703. The lowest BCUT2D eigenvalue weighted by Gasteiger charge is -2.25. The summed E-state index contributed by atoms with van der Waals surface area (Å²) < 4.78 is 0. The fraction of sp³-hybridized carbons (Fsp3) is 0.500. The van der Waals surface area contributed by atoms with Gasteiger partial charge in [-0.05, 0) is 44.0 Å². The zero-order valence-corrected chi connectivity index (χ0v) is 12.9. The van der Waals surface area contributed by atoms with Crippen LogP contribution in [0.2, 0.25) is 0 Å². The first-order valence-electron chi connectivity index (χ1n) is 7.29. The van der Waals surface area contributed by atoms with Crippen LogP contribution in [0.1, 0.15) is 18.4 Å². The highest BCUT2D eigenvalue weighted by atomic mass is 16.2. The van der Waals surface area contributed by atoms with Crippen molar-refractivity contribution in [3.8, 4) is 0 Å². The second-order valence-corrected chi connectivity index (χ2v) is 5.78. The molecule has 0 aliphatic carbocycles. The van der Waals surface area contributed by atoms with E-state index in [2.05, 4.69) is 5.32 Å². The number of rotatable bonds is 4. The SMILES string of the molecule is Cc1cccc(NC(=O)CN2CCCC2C(=O)N(C)C)c1. The third kappa shape index (κ3) is 4.04. The molecule has 1 aliphatic rings. The van der Waals surface area contributed by atoms with Gasteiger partial charge in [0.1, 0.15) is 0 Å². The number of likely N-dealkylation sites (N-methyl/N-ethyl adjacent to an activating group) is 1. The summed E-state index contributed by atoms with van der Waals surface area (Å²) in [4.78, 5) is 27.8. The van der Waals surface area contributed by atoms with Gasteiger partial charge in [-0.3, -0.25) is 14.5 Å². The first-order chi connectivity index (χ1) is 9.97. The molecule has 2 amide bonds. The summed E-state index contributed by atoms with van der Waals surface area (Å²) in [6.07, 6.45) is 1.79. The van der Waals surface area contributed by atoms with Crippen molar-refractivity contribution in [3.63, 3.8) is 0 Å². The Hall–Kier alpha value is -1.88. The first kappa shape index (κ1) is 15.5. The monoisotopic (exact) mass is 289 g/mol. The zero-order valence-electron chi connectivity index (χ0n) is 12.9. The number of nitrogens with zero attached hydrogens (tertiary/aromatic N) is 2. The minimum Gasteiger partial charge on any atom is -0.347 e. The van der Waals surface area contributed by atoms with Gasteiger partial charge in [-0.1, -0.05) is 12.1 Å². The Balaban J connectivity index is 1.94. The molecule has 1 aromatic carbocycles. The van der Waals surface area contributed by atoms with E-state index in [-0.39, 0.29) is 24.4 Å². The summed E-state index contributed by atoms with van der Waals surface area (Å²) in [7, 11) is 3.51. The molecule has 0 radical (unpaired) electrons. The Morgan fingerprint density at radius 2 is 2.14 bits per heavy atom. The van der Waals surface area contributed by atoms with Crippen LogP contribution in [0.15, 0.2) is 24.3 Å². The number of aryl methyl sites for hydroxylation is 1. The fourth-order valence-corrected chi connectivity index (χ4v) is 2.70. The number of hydrogen-bond donors (Lipinski definition) is 1. The van der Waals surface area contributed by atoms with E-state index in [0.29, 0.717) is 0 Å². The van der Waals surface area contributed by atoms with Gasteiger partial charge in [0, 0.05) is 19.8 Å². The molecule has 0 aromatic heterocycles. The van der Waals surface area contributed by atoms with Gasteiger partial charge in [-0.2, -0.15) is 0 Å². The Morgan fingerprint density at radius 3 is 2.81 bits per heavy atom. The maximum Gasteiger partial charge on any atom is 0.239 e. The molecule has 0 spiro atoms. The van der Waals surface area contributed by atoms with Gasteiger partial charge in [0.25, 0.3) is 0 Å². The molecule has 1 saturated heterocycles. The largest absolute Gasteiger partial charge is 0.347 e. The molecule has 5 nitrogen and oxygen atoms in total. The number of likely N-dealkylation sites (tertiary alicyclic amines) is 1. The molecule has 2 rings (SSSR count). The van der Waals surface area contributed by atoms with Crippen LogP contribution in [0.25, 0.3) is 0 Å². The maximum absolute atomic E-state index is 12.1. The van der Waals surface area contributed by atoms with Crippen molar-refractivity contribution in [1.29, 1.82) is 0 Å². The lowest BCUT2D eigenvalue weighted by molar-refractivity contribution is -0.133. The fourth-order valence-electron chi connectivity index (χ4n) is 2.70. The average molecular weight is 289 g/mol. The highest BCUT2D eigenvalue weighted by molar-refractivity contribution is 5.93. The topological polar surface area (TPSA) is 52.7 Å². The zero-order chi connectivity index (χ0) is 15.4. The van der Waals surface area contributed by atoms with Crippen molar-refractivity contribution >= 4 is 17.5 Å². The Bertz CT molecular complexity index is 528. The van der Waals surface area contributed by atoms with E-state index in [4.69, 9.17) is 0 Å². The van der Waals surface area contributed by atoms with Crippen molar-refractivity contribution in [2.75, 3.05) is 32.5 Å². The molecule has 1 fully saturated rings. The Labute approximate surface area is 125 Å². The van der Waals surface area contributed by atoms with Crippen molar-refractivity contribution in [1.82, 2.24) is 9.80 Å². The number of nitrogens with one attached hydrogen (secondary N) is 1. The molecular formula is C16H23N3O2. The second kappa shape index (κ2) is 6.72. The maximum atomic E-state index is 12.1. The molecule has 1 aliphatic heterocycles. The number of hydrogen-bond acceptors (Lipinski definition) is 3. The lowest BCUT2D eigenvalue weighted by atomic mass is 10.2. The minimum atomic E-state index is -0.164. The normalized spacial score (nSPS) is 18.5. The summed E-state index contributed by atoms with van der Waals surface area (Å²) in [6.45, 7) is 3.05. The van der Waals surface area contributed by atoms with E-state index in [9.17, 15) is 9.59 Å². The molecule has 0 bridgehead atoms. The third-order valence-electron chi connectivity index (χ3n) is 3.74. The summed E-state index contributed by atoms with van der Waals surface area (Å²) >= 11 is 0. The molecule has 21 heavy (non-hydrogen) atoms. The summed E-state index contributed by atoms with van der Waals surface area (Å²) in [5, 5.41) is 2.89. The van der Waals surface area contributed by atoms with Crippen LogP contribution in [0.5, 0.6) is 0 Å². The number of benzene rings is 1. The van der Waals surface area contributed by atoms with Crippen LogP contribution in [-0.4, -0.2) is 54.8 Å². The molecule has 1 atom stereocenters. The lowest BCUT2D eigenvalue weighted by Crippen LogP contribution is -2.45. The molecular weight excluding hydrogens is 266 g/mol. The molecule has 5 heteroatoms. The molecule has 1 unspecified atom stereocenters. The predicted molar refractivity (Wildman–Crippen MR) is 83.1 cm³/mol. The third-order valence-corrected chi connectivity index (χ3v) is 3.74. The van der Waals surface area contributed by atoms with E-state index in [1.54, 1.807) is 19.0 Å². The number of amides is 2. The molecule has 1 aromatic rings. The van der Waals surface area contributed by atoms with E-state index in [0.717, 1.165) is 30.6 Å². The van der Waals surface area contributed by atoms with Crippen LogP contribution >= 0.6 is 0 Å². The highest BCUT2D eigenvalue weighted by Crippen LogP contribution is 2.18. The van der Waals surface area contributed by atoms with E-state index >= 15 is 0 Å². The molecule has 114 valence electrons. The summed E-state index contributed by atoms with van der Waals surface area (Å²) in [5.74, 6) is 0.00918. The van der Waals surface area contributed by atoms with Crippen molar-refractivity contribution in [2.24, 2.45) is 0 Å². The number of carbonyl (C=O) groups excluding carboxylic acids is 2. The quantitative estimate of drug-likeness (QED) is 0.913. The van der Waals surface area contributed by atoms with Gasteiger partial charge in [-0.25, -0.2) is 0 Å². The number of anilines is 1. The Morgan fingerprint density at radius 1 is 1.38 bits per heavy atom. The predicted octanol–water partition coefficient (Wildman–Crippen LogP) is 1.49. The Kier molecular flexibility index (Phi) is 4.96. The van der Waals surface area contributed by atoms with E-state index in [1.165, 1.54) is 0 Å². The summed E-state index contributed by atoms with van der Waals surface area (Å²) in [5.41, 5.74) is 1.91. The first-order valence-corrected chi connectivity index (χ1v) is 7.29. The second-order valence-electron chi connectivity index (χ2n) is 5.78. The number of carbonyl (C=O) groups is 2. The van der Waals surface area contributed by atoms with Crippen LogP contribution in [0.4, 0.5) is 5.69 Å². The van der Waals surface area contributed by atoms with Gasteiger partial charge in [0.05, 0.1) is 12.6 Å². The van der Waals surface area contributed by atoms with Gasteiger partial charge in [0.2, 0.25) is 11.8 Å². The average Bonchev–Trinajstić information content (AvgIpc) is 2.85. The smallest absolute Gasteiger partial charge is 0.239 e. The molecule has 1 N–H and O–H groups in total. The highest BCUT2D eigenvalue weighted by Gasteiger charge is 2.32. The van der Waals surface area contributed by atoms with Crippen molar-refractivity contribution < 1.29 is 9.59 Å². The van der Waals surface area contributed by atoms with Crippen LogP contribution < -0.4 is 5.32 Å². The summed E-state index contributed by atoms with van der Waals surface area (Å²) in [6, 6.07) is 7.55. The van der Waals surface area contributed by atoms with Crippen LogP contribution in [-0.2, 0) is 9.59 Å².